The summed E-state index contributed by atoms with van der Waals surface area (Å²) in [5.41, 5.74) is 2.43. The van der Waals surface area contributed by atoms with Crippen LogP contribution >= 0.6 is 23.2 Å². The molecule has 0 aliphatic heterocycles. The van der Waals surface area contributed by atoms with Gasteiger partial charge in [-0.25, -0.2) is 0 Å². The molecule has 90 valence electrons. The van der Waals surface area contributed by atoms with Gasteiger partial charge in [-0.05, 0) is 48.8 Å². The van der Waals surface area contributed by atoms with Gasteiger partial charge in [0.15, 0.2) is 0 Å². The van der Waals surface area contributed by atoms with Gasteiger partial charge in [-0.1, -0.05) is 37.6 Å². The highest BCUT2D eigenvalue weighted by atomic mass is 35.5. The summed E-state index contributed by atoms with van der Waals surface area (Å²) in [5.74, 6) is 1.93. The molecule has 0 aliphatic rings. The van der Waals surface area contributed by atoms with E-state index in [0.717, 1.165) is 17.9 Å². The summed E-state index contributed by atoms with van der Waals surface area (Å²) in [6, 6.07) is 6.26. The number of halogens is 2. The van der Waals surface area contributed by atoms with Crippen LogP contribution in [0.3, 0.4) is 0 Å². The lowest BCUT2D eigenvalue weighted by atomic mass is 9.92. The molecule has 16 heavy (non-hydrogen) atoms. The molecule has 2 heteroatoms. The van der Waals surface area contributed by atoms with Crippen LogP contribution in [0, 0.1) is 18.8 Å². The van der Waals surface area contributed by atoms with Crippen LogP contribution in [0.4, 0.5) is 0 Å². The van der Waals surface area contributed by atoms with E-state index in [0.29, 0.717) is 17.7 Å². The minimum atomic E-state index is 0.530. The van der Waals surface area contributed by atoms with Crippen molar-refractivity contribution in [3.05, 3.63) is 34.3 Å². The normalized spacial score (nSPS) is 13.1. The van der Waals surface area contributed by atoms with Gasteiger partial charge in [0.2, 0.25) is 0 Å². The van der Waals surface area contributed by atoms with Crippen LogP contribution in [0.15, 0.2) is 18.2 Å². The Kier molecular flexibility index (Phi) is 5.64. The van der Waals surface area contributed by atoms with Crippen LogP contribution in [0.5, 0.6) is 0 Å². The van der Waals surface area contributed by atoms with Crippen LogP contribution in [0.1, 0.15) is 31.4 Å². The summed E-state index contributed by atoms with van der Waals surface area (Å²) in [4.78, 5) is 0. The molecule has 0 radical (unpaired) electrons. The van der Waals surface area contributed by atoms with Crippen LogP contribution in [-0.4, -0.2) is 5.88 Å². The van der Waals surface area contributed by atoms with E-state index in [1.165, 1.54) is 11.1 Å². The lowest BCUT2D eigenvalue weighted by molar-refractivity contribution is 0.441. The van der Waals surface area contributed by atoms with Crippen LogP contribution < -0.4 is 0 Å². The van der Waals surface area contributed by atoms with Crippen molar-refractivity contribution in [1.29, 1.82) is 0 Å². The van der Waals surface area contributed by atoms with Crippen molar-refractivity contribution >= 4 is 23.2 Å². The number of alkyl halides is 1. The van der Waals surface area contributed by atoms with Crippen molar-refractivity contribution in [2.75, 3.05) is 5.88 Å². The number of hydrogen-bond acceptors (Lipinski definition) is 0. The predicted octanol–water partition coefficient (Wildman–Crippen LogP) is 5.09. The predicted molar refractivity (Wildman–Crippen MR) is 73.6 cm³/mol. The zero-order valence-electron chi connectivity index (χ0n) is 10.3. The largest absolute Gasteiger partial charge is 0.126 e. The third kappa shape index (κ3) is 4.35. The molecule has 0 bridgehead atoms. The highest BCUT2D eigenvalue weighted by Crippen LogP contribution is 2.24. The zero-order valence-corrected chi connectivity index (χ0v) is 11.8. The van der Waals surface area contributed by atoms with Gasteiger partial charge in [-0.2, -0.15) is 0 Å². The molecular formula is C14H20Cl2. The molecule has 0 fully saturated rings. The van der Waals surface area contributed by atoms with E-state index >= 15 is 0 Å². The molecule has 1 aromatic rings. The molecular weight excluding hydrogens is 239 g/mol. The molecule has 1 unspecified atom stereocenters. The van der Waals surface area contributed by atoms with Gasteiger partial charge < -0.3 is 0 Å². The number of aryl methyl sites for hydroxylation is 1. The molecule has 0 saturated carbocycles. The zero-order chi connectivity index (χ0) is 12.1. The van der Waals surface area contributed by atoms with Crippen molar-refractivity contribution in [2.45, 2.75) is 33.6 Å². The van der Waals surface area contributed by atoms with E-state index in [2.05, 4.69) is 32.9 Å². The Labute approximate surface area is 109 Å². The Hall–Kier alpha value is -0.200. The first-order valence-electron chi connectivity index (χ1n) is 5.84. The Morgan fingerprint density at radius 2 is 1.94 bits per heavy atom. The maximum absolute atomic E-state index is 6.22. The van der Waals surface area contributed by atoms with Gasteiger partial charge in [-0.3, -0.25) is 0 Å². The van der Waals surface area contributed by atoms with Gasteiger partial charge in [0.05, 0.1) is 0 Å². The summed E-state index contributed by atoms with van der Waals surface area (Å²) in [6.07, 6.45) is 2.15. The van der Waals surface area contributed by atoms with Crippen LogP contribution in [0.2, 0.25) is 5.02 Å². The first kappa shape index (κ1) is 13.9. The summed E-state index contributed by atoms with van der Waals surface area (Å²) < 4.78 is 0. The lowest BCUT2D eigenvalue weighted by Gasteiger charge is -2.17. The number of benzene rings is 1. The molecule has 0 N–H and O–H groups in total. The second-order valence-electron chi connectivity index (χ2n) is 4.95. The molecule has 0 heterocycles. The molecule has 0 nitrogen and oxygen atoms in total. The Bertz CT molecular complexity index is 332. The molecule has 1 aromatic carbocycles. The van der Waals surface area contributed by atoms with E-state index in [4.69, 9.17) is 23.2 Å². The standard InChI is InChI=1S/C14H20Cl2/c1-10(2)6-12(9-15)8-13-5-4-11(3)7-14(13)16/h4-5,7,10,12H,6,8-9H2,1-3H3. The van der Waals surface area contributed by atoms with E-state index in [9.17, 15) is 0 Å². The van der Waals surface area contributed by atoms with Crippen LogP contribution in [0.25, 0.3) is 0 Å². The fourth-order valence-corrected chi connectivity index (χ4v) is 2.54. The maximum atomic E-state index is 6.22. The lowest BCUT2D eigenvalue weighted by Crippen LogP contribution is -2.10. The fourth-order valence-electron chi connectivity index (χ4n) is 2.00. The molecule has 0 saturated heterocycles. The SMILES string of the molecule is Cc1ccc(CC(CCl)CC(C)C)c(Cl)c1. The topological polar surface area (TPSA) is 0 Å². The number of rotatable bonds is 5. The van der Waals surface area contributed by atoms with Crippen molar-refractivity contribution in [3.63, 3.8) is 0 Å². The smallest absolute Gasteiger partial charge is 0.0440 e. The average Bonchev–Trinajstić information content (AvgIpc) is 2.20. The summed E-state index contributed by atoms with van der Waals surface area (Å²) in [7, 11) is 0. The van der Waals surface area contributed by atoms with Gasteiger partial charge in [-0.15, -0.1) is 11.6 Å². The monoisotopic (exact) mass is 258 g/mol. The quantitative estimate of drug-likeness (QED) is 0.646. The van der Waals surface area contributed by atoms with Crippen molar-refractivity contribution in [3.8, 4) is 0 Å². The van der Waals surface area contributed by atoms with E-state index in [1.54, 1.807) is 0 Å². The third-order valence-electron chi connectivity index (χ3n) is 2.74. The third-order valence-corrected chi connectivity index (χ3v) is 3.53. The van der Waals surface area contributed by atoms with Gasteiger partial charge in [0, 0.05) is 10.9 Å². The average molecular weight is 259 g/mol. The second kappa shape index (κ2) is 6.51. The minimum absolute atomic E-state index is 0.530. The van der Waals surface area contributed by atoms with Gasteiger partial charge in [0.1, 0.15) is 0 Å². The second-order valence-corrected chi connectivity index (χ2v) is 5.66. The summed E-state index contributed by atoms with van der Waals surface area (Å²) in [5, 5.41) is 0.874. The first-order chi connectivity index (χ1) is 7.52. The molecule has 0 aliphatic carbocycles. The van der Waals surface area contributed by atoms with E-state index in [-0.39, 0.29) is 0 Å². The fraction of sp³-hybridized carbons (Fsp3) is 0.571. The number of hydrogen-bond donors (Lipinski definition) is 0. The van der Waals surface area contributed by atoms with E-state index in [1.807, 2.05) is 6.07 Å². The summed E-state index contributed by atoms with van der Waals surface area (Å²) >= 11 is 12.2. The molecule has 1 rings (SSSR count). The van der Waals surface area contributed by atoms with Crippen molar-refractivity contribution in [2.24, 2.45) is 11.8 Å². The molecule has 0 spiro atoms. The summed E-state index contributed by atoms with van der Waals surface area (Å²) in [6.45, 7) is 6.52. The van der Waals surface area contributed by atoms with Crippen LogP contribution in [-0.2, 0) is 6.42 Å². The molecule has 0 amide bonds. The van der Waals surface area contributed by atoms with Gasteiger partial charge >= 0.3 is 0 Å². The Morgan fingerprint density at radius 1 is 1.25 bits per heavy atom. The highest BCUT2D eigenvalue weighted by molar-refractivity contribution is 6.31. The molecule has 1 atom stereocenters. The van der Waals surface area contributed by atoms with E-state index < -0.39 is 0 Å². The molecule has 0 aromatic heterocycles. The maximum Gasteiger partial charge on any atom is 0.0440 e. The van der Waals surface area contributed by atoms with Crippen molar-refractivity contribution < 1.29 is 0 Å². The minimum Gasteiger partial charge on any atom is -0.126 e. The Morgan fingerprint density at radius 3 is 2.44 bits per heavy atom. The first-order valence-corrected chi connectivity index (χ1v) is 6.75. The highest BCUT2D eigenvalue weighted by Gasteiger charge is 2.12. The Balaban J connectivity index is 2.70. The van der Waals surface area contributed by atoms with Crippen molar-refractivity contribution in [1.82, 2.24) is 0 Å². The van der Waals surface area contributed by atoms with Gasteiger partial charge in [0.25, 0.3) is 0 Å².